The lowest BCUT2D eigenvalue weighted by Gasteiger charge is -2.06. The molecule has 0 aliphatic heterocycles. The molecule has 0 atom stereocenters. The molecule has 0 aromatic heterocycles. The first-order valence-corrected chi connectivity index (χ1v) is 6.53. The third kappa shape index (κ3) is 3.70. The molecule has 0 spiro atoms. The standard InChI is InChI=1S/C10H13Cl2NS/c1-14-6-5-13-7-8-3-2-4-9(11)10(8)12/h2-4,13H,5-7H2,1H3. The van der Waals surface area contributed by atoms with Gasteiger partial charge in [-0.1, -0.05) is 35.3 Å². The second-order valence-corrected chi connectivity index (χ2v) is 4.65. The highest BCUT2D eigenvalue weighted by Gasteiger charge is 2.02. The van der Waals surface area contributed by atoms with Crippen molar-refractivity contribution in [3.8, 4) is 0 Å². The minimum absolute atomic E-state index is 0.621. The van der Waals surface area contributed by atoms with Crippen LogP contribution in [0, 0.1) is 0 Å². The highest BCUT2D eigenvalue weighted by Crippen LogP contribution is 2.25. The zero-order valence-electron chi connectivity index (χ0n) is 8.02. The Morgan fingerprint density at radius 3 is 2.86 bits per heavy atom. The van der Waals surface area contributed by atoms with E-state index in [1.54, 1.807) is 6.07 Å². The molecule has 0 bridgehead atoms. The SMILES string of the molecule is CSCCNCc1cccc(Cl)c1Cl. The molecule has 78 valence electrons. The molecule has 0 saturated carbocycles. The summed E-state index contributed by atoms with van der Waals surface area (Å²) < 4.78 is 0. The van der Waals surface area contributed by atoms with Crippen LogP contribution in [-0.2, 0) is 6.54 Å². The Morgan fingerprint density at radius 1 is 1.36 bits per heavy atom. The van der Waals surface area contributed by atoms with Crippen molar-refractivity contribution < 1.29 is 0 Å². The maximum absolute atomic E-state index is 6.03. The number of rotatable bonds is 5. The number of nitrogens with one attached hydrogen (secondary N) is 1. The molecule has 4 heteroatoms. The summed E-state index contributed by atoms with van der Waals surface area (Å²) in [7, 11) is 0. The molecule has 0 heterocycles. The van der Waals surface area contributed by atoms with E-state index < -0.39 is 0 Å². The van der Waals surface area contributed by atoms with Gasteiger partial charge in [0.2, 0.25) is 0 Å². The maximum atomic E-state index is 6.03. The highest BCUT2D eigenvalue weighted by atomic mass is 35.5. The first-order chi connectivity index (χ1) is 6.75. The summed E-state index contributed by atoms with van der Waals surface area (Å²) in [6, 6.07) is 5.70. The average molecular weight is 250 g/mol. The molecule has 0 unspecified atom stereocenters. The molecular weight excluding hydrogens is 237 g/mol. The molecule has 0 fully saturated rings. The van der Waals surface area contributed by atoms with Crippen LogP contribution in [0.2, 0.25) is 10.0 Å². The number of thioether (sulfide) groups is 1. The van der Waals surface area contributed by atoms with Gasteiger partial charge < -0.3 is 5.32 Å². The molecule has 0 saturated heterocycles. The van der Waals surface area contributed by atoms with Crippen LogP contribution in [0.25, 0.3) is 0 Å². The summed E-state index contributed by atoms with van der Waals surface area (Å²) in [5.41, 5.74) is 1.06. The van der Waals surface area contributed by atoms with Crippen molar-refractivity contribution in [2.75, 3.05) is 18.6 Å². The molecule has 1 aromatic carbocycles. The van der Waals surface area contributed by atoms with Gasteiger partial charge in [-0.2, -0.15) is 11.8 Å². The fraction of sp³-hybridized carbons (Fsp3) is 0.400. The van der Waals surface area contributed by atoms with Crippen molar-refractivity contribution >= 4 is 35.0 Å². The minimum atomic E-state index is 0.621. The Morgan fingerprint density at radius 2 is 2.14 bits per heavy atom. The molecule has 1 aromatic rings. The van der Waals surface area contributed by atoms with E-state index in [0.717, 1.165) is 24.4 Å². The molecule has 0 aliphatic carbocycles. The van der Waals surface area contributed by atoms with Gasteiger partial charge in [0.15, 0.2) is 0 Å². The third-order valence-electron chi connectivity index (χ3n) is 1.83. The lowest BCUT2D eigenvalue weighted by atomic mass is 10.2. The predicted octanol–water partition coefficient (Wildman–Crippen LogP) is 3.45. The summed E-state index contributed by atoms with van der Waals surface area (Å²) in [5, 5.41) is 4.59. The number of benzene rings is 1. The van der Waals surface area contributed by atoms with Crippen LogP contribution in [0.15, 0.2) is 18.2 Å². The van der Waals surface area contributed by atoms with Crippen LogP contribution in [0.1, 0.15) is 5.56 Å². The van der Waals surface area contributed by atoms with E-state index in [1.807, 2.05) is 23.9 Å². The van der Waals surface area contributed by atoms with Crippen molar-refractivity contribution in [3.63, 3.8) is 0 Å². The van der Waals surface area contributed by atoms with Crippen LogP contribution in [-0.4, -0.2) is 18.6 Å². The summed E-state index contributed by atoms with van der Waals surface area (Å²) >= 11 is 13.7. The number of halogens is 2. The first kappa shape index (κ1) is 12.2. The molecule has 0 amide bonds. The molecule has 0 aliphatic rings. The van der Waals surface area contributed by atoms with Crippen LogP contribution in [0.3, 0.4) is 0 Å². The number of hydrogen-bond donors (Lipinski definition) is 1. The highest BCUT2D eigenvalue weighted by molar-refractivity contribution is 7.98. The van der Waals surface area contributed by atoms with Crippen molar-refractivity contribution in [1.82, 2.24) is 5.32 Å². The van der Waals surface area contributed by atoms with E-state index in [1.165, 1.54) is 0 Å². The molecule has 1 nitrogen and oxygen atoms in total. The van der Waals surface area contributed by atoms with Crippen molar-refractivity contribution in [3.05, 3.63) is 33.8 Å². The lowest BCUT2D eigenvalue weighted by molar-refractivity contribution is 0.732. The van der Waals surface area contributed by atoms with Crippen LogP contribution in [0.4, 0.5) is 0 Å². The van der Waals surface area contributed by atoms with Gasteiger partial charge in [0, 0.05) is 18.8 Å². The molecule has 1 rings (SSSR count). The van der Waals surface area contributed by atoms with Gasteiger partial charge in [-0.25, -0.2) is 0 Å². The van der Waals surface area contributed by atoms with Gasteiger partial charge in [0.25, 0.3) is 0 Å². The van der Waals surface area contributed by atoms with Gasteiger partial charge >= 0.3 is 0 Å². The Labute approximate surface area is 99.2 Å². The van der Waals surface area contributed by atoms with Crippen molar-refractivity contribution in [2.24, 2.45) is 0 Å². The third-order valence-corrected chi connectivity index (χ3v) is 3.30. The smallest absolute Gasteiger partial charge is 0.0637 e. The predicted molar refractivity (Wildman–Crippen MR) is 66.6 cm³/mol. The average Bonchev–Trinajstić information content (AvgIpc) is 2.19. The van der Waals surface area contributed by atoms with Gasteiger partial charge in [-0.15, -0.1) is 0 Å². The fourth-order valence-electron chi connectivity index (χ4n) is 1.08. The van der Waals surface area contributed by atoms with Crippen molar-refractivity contribution in [2.45, 2.75) is 6.54 Å². The van der Waals surface area contributed by atoms with Crippen LogP contribution < -0.4 is 5.32 Å². The van der Waals surface area contributed by atoms with Crippen molar-refractivity contribution in [1.29, 1.82) is 0 Å². The molecule has 1 N–H and O–H groups in total. The molecular formula is C10H13Cl2NS. The second-order valence-electron chi connectivity index (χ2n) is 2.88. The van der Waals surface area contributed by atoms with E-state index in [2.05, 4.69) is 11.6 Å². The van der Waals surface area contributed by atoms with Gasteiger partial charge in [0.05, 0.1) is 10.0 Å². The summed E-state index contributed by atoms with van der Waals surface area (Å²) in [6.07, 6.45) is 2.09. The Kier molecular flexibility index (Phi) is 5.71. The van der Waals surface area contributed by atoms with E-state index >= 15 is 0 Å². The second kappa shape index (κ2) is 6.57. The van der Waals surface area contributed by atoms with Gasteiger partial charge in [0.1, 0.15) is 0 Å². The first-order valence-electron chi connectivity index (χ1n) is 4.38. The van der Waals surface area contributed by atoms with Crippen LogP contribution >= 0.6 is 35.0 Å². The van der Waals surface area contributed by atoms with E-state index in [-0.39, 0.29) is 0 Å². The zero-order chi connectivity index (χ0) is 10.4. The minimum Gasteiger partial charge on any atom is -0.312 e. The number of hydrogen-bond acceptors (Lipinski definition) is 2. The fourth-order valence-corrected chi connectivity index (χ4v) is 1.82. The quantitative estimate of drug-likeness (QED) is 0.803. The van der Waals surface area contributed by atoms with Gasteiger partial charge in [-0.05, 0) is 17.9 Å². The van der Waals surface area contributed by atoms with E-state index in [4.69, 9.17) is 23.2 Å². The maximum Gasteiger partial charge on any atom is 0.0637 e. The largest absolute Gasteiger partial charge is 0.312 e. The summed E-state index contributed by atoms with van der Waals surface area (Å²) in [4.78, 5) is 0. The normalized spacial score (nSPS) is 10.5. The van der Waals surface area contributed by atoms with Gasteiger partial charge in [-0.3, -0.25) is 0 Å². The molecule has 14 heavy (non-hydrogen) atoms. The topological polar surface area (TPSA) is 12.0 Å². The monoisotopic (exact) mass is 249 g/mol. The summed E-state index contributed by atoms with van der Waals surface area (Å²) in [5.74, 6) is 1.11. The Bertz CT molecular complexity index is 291. The Hall–Kier alpha value is 0.110. The summed E-state index contributed by atoms with van der Waals surface area (Å²) in [6.45, 7) is 1.77. The van der Waals surface area contributed by atoms with E-state index in [9.17, 15) is 0 Å². The molecule has 0 radical (unpaired) electrons. The van der Waals surface area contributed by atoms with E-state index in [0.29, 0.717) is 10.0 Å². The van der Waals surface area contributed by atoms with Crippen LogP contribution in [0.5, 0.6) is 0 Å². The Balaban J connectivity index is 2.46. The zero-order valence-corrected chi connectivity index (χ0v) is 10.3. The lowest BCUT2D eigenvalue weighted by Crippen LogP contribution is -2.16.